The Morgan fingerprint density at radius 2 is 2.04 bits per heavy atom. The first-order chi connectivity index (χ1) is 11.2. The van der Waals surface area contributed by atoms with Gasteiger partial charge in [0.05, 0.1) is 0 Å². The highest BCUT2D eigenvalue weighted by Gasteiger charge is 2.54. The van der Waals surface area contributed by atoms with Crippen LogP contribution >= 0.6 is 22.9 Å². The smallest absolute Gasteiger partial charge is 0.410 e. The quantitative estimate of drug-likeness (QED) is 0.748. The fourth-order valence-corrected chi connectivity index (χ4v) is 4.93. The number of ether oxygens (including phenoxy) is 1. The summed E-state index contributed by atoms with van der Waals surface area (Å²) in [4.78, 5) is 16.2. The zero-order valence-electron chi connectivity index (χ0n) is 14.0. The van der Waals surface area contributed by atoms with Gasteiger partial charge in [0, 0.05) is 28.8 Å². The van der Waals surface area contributed by atoms with Gasteiger partial charge < -0.3 is 9.64 Å². The Morgan fingerprint density at radius 3 is 2.71 bits per heavy atom. The number of carbonyl (C=O) groups is 1. The van der Waals surface area contributed by atoms with Gasteiger partial charge in [-0.3, -0.25) is 0 Å². The number of aromatic nitrogens is 2. The molecule has 1 saturated heterocycles. The van der Waals surface area contributed by atoms with Gasteiger partial charge >= 0.3 is 6.09 Å². The van der Waals surface area contributed by atoms with Crippen LogP contribution in [0.2, 0.25) is 5.15 Å². The van der Waals surface area contributed by atoms with E-state index in [2.05, 4.69) is 16.3 Å². The molecule has 0 radical (unpaired) electrons. The summed E-state index contributed by atoms with van der Waals surface area (Å²) in [6.07, 6.45) is 2.06. The molecule has 2 fully saturated rings. The number of rotatable bonds is 1. The Hall–Kier alpha value is -1.40. The molecule has 128 valence electrons. The van der Waals surface area contributed by atoms with E-state index in [1.54, 1.807) is 11.3 Å². The summed E-state index contributed by atoms with van der Waals surface area (Å²) in [5.41, 5.74) is -0.136. The number of amides is 1. The highest BCUT2D eigenvalue weighted by molar-refractivity contribution is 7.18. The lowest BCUT2D eigenvalue weighted by Gasteiger charge is -2.58. The van der Waals surface area contributed by atoms with Gasteiger partial charge in [-0.15, -0.1) is 21.5 Å². The van der Waals surface area contributed by atoms with E-state index in [1.165, 1.54) is 4.88 Å². The largest absolute Gasteiger partial charge is 0.444 e. The molecular weight excluding hydrogens is 346 g/mol. The van der Waals surface area contributed by atoms with Crippen molar-refractivity contribution in [3.8, 4) is 0 Å². The first kappa shape index (κ1) is 16.1. The molecule has 2 aromatic rings. The Kier molecular flexibility index (Phi) is 3.55. The Labute approximate surface area is 150 Å². The van der Waals surface area contributed by atoms with Crippen LogP contribution in [-0.4, -0.2) is 39.9 Å². The number of likely N-dealkylation sites (tertiary alicyclic amines) is 1. The van der Waals surface area contributed by atoms with Gasteiger partial charge in [0.2, 0.25) is 0 Å². The predicted molar refractivity (Wildman–Crippen MR) is 94.6 cm³/mol. The molecule has 1 amide bonds. The number of nitrogens with zero attached hydrogens (tertiary/aromatic N) is 3. The second kappa shape index (κ2) is 5.30. The third-order valence-corrected chi connectivity index (χ3v) is 6.12. The minimum absolute atomic E-state index is 0.191. The van der Waals surface area contributed by atoms with E-state index in [4.69, 9.17) is 16.3 Å². The van der Waals surface area contributed by atoms with E-state index >= 15 is 0 Å². The maximum atomic E-state index is 12.0. The summed E-state index contributed by atoms with van der Waals surface area (Å²) in [5.74, 6) is 0.559. The van der Waals surface area contributed by atoms with Crippen LogP contribution < -0.4 is 0 Å². The lowest BCUT2D eigenvalue weighted by molar-refractivity contribution is -0.0781. The van der Waals surface area contributed by atoms with Crippen molar-refractivity contribution in [1.29, 1.82) is 0 Å². The van der Waals surface area contributed by atoms with Crippen molar-refractivity contribution in [1.82, 2.24) is 15.1 Å². The third-order valence-electron chi connectivity index (χ3n) is 4.74. The summed E-state index contributed by atoms with van der Waals surface area (Å²) < 4.78 is 5.43. The average molecular weight is 366 g/mol. The van der Waals surface area contributed by atoms with Crippen LogP contribution in [0.15, 0.2) is 12.1 Å². The molecule has 1 spiro atoms. The fourth-order valence-electron chi connectivity index (χ4n) is 3.71. The molecule has 24 heavy (non-hydrogen) atoms. The molecule has 0 bridgehead atoms. The Balaban J connectivity index is 1.36. The van der Waals surface area contributed by atoms with Crippen molar-refractivity contribution >= 4 is 39.2 Å². The van der Waals surface area contributed by atoms with Gasteiger partial charge in [0.1, 0.15) is 10.4 Å². The molecule has 3 heterocycles. The normalized spacial score (nSPS) is 20.1. The van der Waals surface area contributed by atoms with Crippen molar-refractivity contribution < 1.29 is 9.53 Å². The highest BCUT2D eigenvalue weighted by Crippen LogP contribution is 2.57. The fraction of sp³-hybridized carbons (Fsp3) is 0.588. The molecule has 2 aliphatic rings. The van der Waals surface area contributed by atoms with Crippen molar-refractivity contribution in [2.75, 3.05) is 13.1 Å². The summed E-state index contributed by atoms with van der Waals surface area (Å²) >= 11 is 7.61. The van der Waals surface area contributed by atoms with Crippen LogP contribution in [0.25, 0.3) is 10.2 Å². The van der Waals surface area contributed by atoms with Crippen LogP contribution in [0.1, 0.15) is 44.4 Å². The minimum atomic E-state index is -0.429. The molecule has 0 unspecified atom stereocenters. The summed E-state index contributed by atoms with van der Waals surface area (Å²) in [6.45, 7) is 7.33. The van der Waals surface area contributed by atoms with Gasteiger partial charge in [-0.05, 0) is 51.7 Å². The molecule has 5 nitrogen and oxygen atoms in total. The van der Waals surface area contributed by atoms with E-state index < -0.39 is 5.60 Å². The lowest BCUT2D eigenvalue weighted by Crippen LogP contribution is -2.63. The van der Waals surface area contributed by atoms with Crippen LogP contribution in [0.5, 0.6) is 0 Å². The molecule has 4 rings (SSSR count). The topological polar surface area (TPSA) is 55.3 Å². The number of thiophene rings is 1. The van der Waals surface area contributed by atoms with E-state index in [0.717, 1.165) is 36.1 Å². The number of fused-ring (bicyclic) bond motifs is 1. The monoisotopic (exact) mass is 365 g/mol. The van der Waals surface area contributed by atoms with Crippen molar-refractivity contribution in [2.24, 2.45) is 5.41 Å². The van der Waals surface area contributed by atoms with Gasteiger partial charge in [-0.1, -0.05) is 11.6 Å². The van der Waals surface area contributed by atoms with Crippen LogP contribution in [-0.2, 0) is 4.74 Å². The Bertz CT molecular complexity index is 800. The first-order valence-electron chi connectivity index (χ1n) is 8.14. The molecule has 0 N–H and O–H groups in total. The van der Waals surface area contributed by atoms with E-state index in [0.29, 0.717) is 16.5 Å². The Morgan fingerprint density at radius 1 is 1.33 bits per heavy atom. The highest BCUT2D eigenvalue weighted by atomic mass is 35.5. The second-order valence-electron chi connectivity index (χ2n) is 8.02. The van der Waals surface area contributed by atoms with Gasteiger partial charge in [-0.25, -0.2) is 4.79 Å². The third kappa shape index (κ3) is 2.86. The van der Waals surface area contributed by atoms with E-state index in [1.807, 2.05) is 31.7 Å². The maximum absolute atomic E-state index is 12.0. The maximum Gasteiger partial charge on any atom is 0.410 e. The van der Waals surface area contributed by atoms with Crippen LogP contribution in [0.4, 0.5) is 4.79 Å². The van der Waals surface area contributed by atoms with Crippen molar-refractivity contribution in [3.63, 3.8) is 0 Å². The molecule has 7 heteroatoms. The minimum Gasteiger partial charge on any atom is -0.444 e. The average Bonchev–Trinajstić information content (AvgIpc) is 2.75. The summed E-state index contributed by atoms with van der Waals surface area (Å²) in [5, 5.41) is 9.56. The standard InChI is InChI=1S/C17H20ClN3O2S/c1-16(2,3)23-15(22)21-8-17(9-21)6-11(7-17)12-4-10-5-13(18)19-20-14(10)24-12/h4-5,11H,6-9H2,1-3H3. The molecule has 1 aliphatic carbocycles. The number of hydrogen-bond donors (Lipinski definition) is 0. The second-order valence-corrected chi connectivity index (χ2v) is 9.47. The van der Waals surface area contributed by atoms with Crippen LogP contribution in [0.3, 0.4) is 0 Å². The lowest BCUT2D eigenvalue weighted by atomic mass is 9.57. The molecule has 0 atom stereocenters. The predicted octanol–water partition coefficient (Wildman–Crippen LogP) is 4.46. The first-order valence-corrected chi connectivity index (χ1v) is 9.33. The SMILES string of the molecule is CC(C)(C)OC(=O)N1CC2(CC(c3cc4cc(Cl)nnc4s3)C2)C1. The van der Waals surface area contributed by atoms with Crippen molar-refractivity contribution in [2.45, 2.75) is 45.1 Å². The number of hydrogen-bond acceptors (Lipinski definition) is 5. The van der Waals surface area contributed by atoms with Crippen molar-refractivity contribution in [3.05, 3.63) is 22.2 Å². The zero-order valence-corrected chi connectivity index (χ0v) is 15.6. The summed E-state index contributed by atoms with van der Waals surface area (Å²) in [7, 11) is 0. The molecule has 1 saturated carbocycles. The van der Waals surface area contributed by atoms with Gasteiger partial charge in [0.15, 0.2) is 5.15 Å². The van der Waals surface area contributed by atoms with Gasteiger partial charge in [-0.2, -0.15) is 0 Å². The van der Waals surface area contributed by atoms with E-state index in [9.17, 15) is 4.79 Å². The molecule has 1 aliphatic heterocycles. The van der Waals surface area contributed by atoms with E-state index in [-0.39, 0.29) is 6.09 Å². The number of carbonyl (C=O) groups excluding carboxylic acids is 1. The van der Waals surface area contributed by atoms with Gasteiger partial charge in [0.25, 0.3) is 0 Å². The molecular formula is C17H20ClN3O2S. The molecule has 0 aromatic carbocycles. The number of halogens is 1. The molecule has 2 aromatic heterocycles. The summed E-state index contributed by atoms with van der Waals surface area (Å²) in [6, 6.07) is 4.05. The zero-order chi connectivity index (χ0) is 17.1. The van der Waals surface area contributed by atoms with Crippen LogP contribution in [0, 0.1) is 5.41 Å².